The number of nitrogens with zero attached hydrogens (tertiary/aromatic N) is 3. The number of piperidine rings is 1. The first-order chi connectivity index (χ1) is 19.9. The molecule has 5 rings (SSSR count). The first kappa shape index (κ1) is 30.1. The Bertz CT molecular complexity index is 1340. The van der Waals surface area contributed by atoms with E-state index in [2.05, 4.69) is 4.90 Å². The molecule has 5 nitrogen and oxygen atoms in total. The van der Waals surface area contributed by atoms with Gasteiger partial charge in [0.15, 0.2) is 5.54 Å². The predicted molar refractivity (Wildman–Crippen MR) is 148 cm³/mol. The number of alkyl halides is 3. The van der Waals surface area contributed by atoms with Gasteiger partial charge in [0.05, 0.1) is 17.3 Å². The Hall–Kier alpha value is -3.34. The number of likely N-dealkylation sites (N-methyl/N-ethyl adjacent to an activating group) is 1. The highest BCUT2D eigenvalue weighted by Gasteiger charge is 2.56. The van der Waals surface area contributed by atoms with Crippen molar-refractivity contribution >= 4 is 5.91 Å². The number of hydrogen-bond donors (Lipinski definition) is 1. The summed E-state index contributed by atoms with van der Waals surface area (Å²) in [6, 6.07) is 16.3. The van der Waals surface area contributed by atoms with E-state index in [0.717, 1.165) is 12.1 Å². The van der Waals surface area contributed by atoms with Crippen LogP contribution in [0.25, 0.3) is 0 Å². The molecule has 3 aromatic rings. The third kappa shape index (κ3) is 5.43. The number of amides is 1. The van der Waals surface area contributed by atoms with Crippen LogP contribution in [0, 0.1) is 11.6 Å². The molecule has 2 saturated heterocycles. The number of carbonyl (C=O) groups excluding carboxylic acids is 1. The van der Waals surface area contributed by atoms with Crippen molar-refractivity contribution in [2.45, 2.75) is 49.7 Å². The van der Waals surface area contributed by atoms with Crippen LogP contribution in [0.2, 0.25) is 0 Å². The summed E-state index contributed by atoms with van der Waals surface area (Å²) in [5.74, 6) is -1.01. The van der Waals surface area contributed by atoms with Crippen molar-refractivity contribution in [3.8, 4) is 0 Å². The zero-order chi connectivity index (χ0) is 30.3. The van der Waals surface area contributed by atoms with E-state index in [0.29, 0.717) is 62.1 Å². The van der Waals surface area contributed by atoms with Gasteiger partial charge in [0, 0.05) is 19.6 Å². The smallest absolute Gasteiger partial charge is 0.385 e. The number of hydrogen-bond acceptors (Lipinski definition) is 4. The van der Waals surface area contributed by atoms with E-state index in [9.17, 15) is 31.9 Å². The average Bonchev–Trinajstić information content (AvgIpc) is 3.15. The summed E-state index contributed by atoms with van der Waals surface area (Å²) >= 11 is 0. The fourth-order valence-corrected chi connectivity index (χ4v) is 6.38. The van der Waals surface area contributed by atoms with Crippen molar-refractivity contribution in [1.29, 1.82) is 0 Å². The number of aliphatic hydroxyl groups is 1. The summed E-state index contributed by atoms with van der Waals surface area (Å²) in [7, 11) is 1.84. The number of rotatable bonds is 7. The van der Waals surface area contributed by atoms with E-state index in [-0.39, 0.29) is 12.1 Å². The fourth-order valence-electron chi connectivity index (χ4n) is 6.38. The van der Waals surface area contributed by atoms with Crippen molar-refractivity contribution in [2.24, 2.45) is 0 Å². The van der Waals surface area contributed by atoms with Crippen LogP contribution in [0.15, 0.2) is 72.8 Å². The van der Waals surface area contributed by atoms with Crippen molar-refractivity contribution in [1.82, 2.24) is 14.7 Å². The van der Waals surface area contributed by atoms with Crippen molar-refractivity contribution in [3.63, 3.8) is 0 Å². The SMILES string of the molecule is CC1N(CCCN2CCC(O)(c3ccc(C(F)(F)F)cc3)CC2)C(=O)C(c2ccc(F)cc2)(c2ccc(F)cc2)N1C. The second kappa shape index (κ2) is 11.4. The van der Waals surface area contributed by atoms with Crippen LogP contribution in [0.3, 0.4) is 0 Å². The molecule has 2 fully saturated rings. The van der Waals surface area contributed by atoms with Crippen LogP contribution >= 0.6 is 0 Å². The molecule has 1 amide bonds. The van der Waals surface area contributed by atoms with Gasteiger partial charge in [-0.15, -0.1) is 0 Å². The van der Waals surface area contributed by atoms with E-state index >= 15 is 0 Å². The number of carbonyl (C=O) groups is 1. The Morgan fingerprint density at radius 2 is 1.29 bits per heavy atom. The molecule has 0 aliphatic carbocycles. The molecule has 1 atom stereocenters. The van der Waals surface area contributed by atoms with Gasteiger partial charge in [0.2, 0.25) is 0 Å². The minimum Gasteiger partial charge on any atom is -0.385 e. The maximum atomic E-state index is 14.2. The third-order valence-electron chi connectivity index (χ3n) is 8.94. The number of likely N-dealkylation sites (tertiary alicyclic amines) is 1. The van der Waals surface area contributed by atoms with Gasteiger partial charge in [-0.1, -0.05) is 36.4 Å². The fraction of sp³-hybridized carbons (Fsp3) is 0.406. The topological polar surface area (TPSA) is 47.0 Å². The molecule has 0 saturated carbocycles. The number of halogens is 5. The maximum Gasteiger partial charge on any atom is 0.416 e. The van der Waals surface area contributed by atoms with Crippen LogP contribution in [0.5, 0.6) is 0 Å². The van der Waals surface area contributed by atoms with Gasteiger partial charge in [0.25, 0.3) is 5.91 Å². The first-order valence-corrected chi connectivity index (χ1v) is 14.0. The summed E-state index contributed by atoms with van der Waals surface area (Å²) in [5, 5.41) is 11.1. The highest BCUT2D eigenvalue weighted by atomic mass is 19.4. The highest BCUT2D eigenvalue weighted by Crippen LogP contribution is 2.44. The summed E-state index contributed by atoms with van der Waals surface area (Å²) < 4.78 is 66.4. The summed E-state index contributed by atoms with van der Waals surface area (Å²) in [6.45, 7) is 4.18. The molecule has 0 radical (unpaired) electrons. The zero-order valence-electron chi connectivity index (χ0n) is 23.5. The van der Waals surface area contributed by atoms with Crippen LogP contribution in [-0.2, 0) is 22.1 Å². The molecule has 1 N–H and O–H groups in total. The number of benzene rings is 3. The summed E-state index contributed by atoms with van der Waals surface area (Å²) in [6.07, 6.45) is -3.29. The van der Waals surface area contributed by atoms with Gasteiger partial charge in [-0.25, -0.2) is 8.78 Å². The summed E-state index contributed by atoms with van der Waals surface area (Å²) in [4.78, 5) is 20.1. The highest BCUT2D eigenvalue weighted by molar-refractivity contribution is 5.93. The standard InChI is InChI=1S/C32H34F5N3O2/c1-22-38(2)31(24-8-12-27(33)13-9-24,25-10-14-28(34)15-11-25)29(41)40(22)19-3-18-39-20-16-30(42,17-21-39)23-4-6-26(7-5-23)32(35,36)37/h4-15,22,42H,3,16-21H2,1-2H3. The largest absolute Gasteiger partial charge is 0.416 e. The third-order valence-corrected chi connectivity index (χ3v) is 8.94. The quantitative estimate of drug-likeness (QED) is 0.360. The van der Waals surface area contributed by atoms with Gasteiger partial charge in [0.1, 0.15) is 11.6 Å². The van der Waals surface area contributed by atoms with Crippen molar-refractivity contribution in [2.75, 3.05) is 33.2 Å². The predicted octanol–water partition coefficient (Wildman–Crippen LogP) is 5.72. The minimum atomic E-state index is -4.43. The maximum absolute atomic E-state index is 14.2. The van der Waals surface area contributed by atoms with Gasteiger partial charge in [-0.2, -0.15) is 13.2 Å². The Morgan fingerprint density at radius 3 is 1.76 bits per heavy atom. The molecule has 3 aromatic carbocycles. The lowest BCUT2D eigenvalue weighted by Gasteiger charge is -2.39. The Kier molecular flexibility index (Phi) is 8.17. The normalized spacial score (nSPS) is 21.2. The molecule has 224 valence electrons. The van der Waals surface area contributed by atoms with Crippen LogP contribution in [-0.4, -0.2) is 65.1 Å². The second-order valence-corrected chi connectivity index (χ2v) is 11.3. The zero-order valence-corrected chi connectivity index (χ0v) is 23.5. The van der Waals surface area contributed by atoms with Gasteiger partial charge in [-0.05, 0) is 92.9 Å². The summed E-state index contributed by atoms with van der Waals surface area (Å²) in [5.41, 5.74) is -1.51. The molecule has 0 spiro atoms. The van der Waals surface area contributed by atoms with E-state index < -0.39 is 34.5 Å². The lowest BCUT2D eigenvalue weighted by Crippen LogP contribution is -2.46. The van der Waals surface area contributed by atoms with E-state index in [1.54, 1.807) is 29.2 Å². The second-order valence-electron chi connectivity index (χ2n) is 11.3. The molecule has 42 heavy (non-hydrogen) atoms. The Morgan fingerprint density at radius 1 is 0.810 bits per heavy atom. The molecule has 0 bridgehead atoms. The minimum absolute atomic E-state index is 0.175. The van der Waals surface area contributed by atoms with E-state index in [1.165, 1.54) is 36.4 Å². The van der Waals surface area contributed by atoms with Gasteiger partial charge < -0.3 is 14.9 Å². The van der Waals surface area contributed by atoms with Gasteiger partial charge >= 0.3 is 6.18 Å². The molecule has 2 aliphatic heterocycles. The van der Waals surface area contributed by atoms with Crippen LogP contribution in [0.4, 0.5) is 22.0 Å². The molecule has 1 unspecified atom stereocenters. The molecule has 2 aliphatic rings. The molecule has 2 heterocycles. The molecule has 0 aromatic heterocycles. The van der Waals surface area contributed by atoms with Crippen molar-refractivity contribution < 1.29 is 31.9 Å². The van der Waals surface area contributed by atoms with Crippen LogP contribution < -0.4 is 0 Å². The molecular formula is C32H34F5N3O2. The Labute approximate surface area is 242 Å². The lowest BCUT2D eigenvalue weighted by molar-refractivity contribution is -0.137. The van der Waals surface area contributed by atoms with Crippen LogP contribution in [0.1, 0.15) is 48.4 Å². The lowest BCUT2D eigenvalue weighted by atomic mass is 9.81. The van der Waals surface area contributed by atoms with E-state index in [1.807, 2.05) is 18.9 Å². The van der Waals surface area contributed by atoms with Crippen molar-refractivity contribution in [3.05, 3.63) is 107 Å². The Balaban J connectivity index is 1.25. The monoisotopic (exact) mass is 587 g/mol. The molecular weight excluding hydrogens is 553 g/mol. The first-order valence-electron chi connectivity index (χ1n) is 14.0. The van der Waals surface area contributed by atoms with E-state index in [4.69, 9.17) is 0 Å². The average molecular weight is 588 g/mol. The molecule has 10 heteroatoms. The van der Waals surface area contributed by atoms with Gasteiger partial charge in [-0.3, -0.25) is 9.69 Å².